The van der Waals surface area contributed by atoms with Gasteiger partial charge in [0.05, 0.1) is 0 Å². The van der Waals surface area contributed by atoms with Crippen LogP contribution >= 0.6 is 0 Å². The van der Waals surface area contributed by atoms with E-state index in [1.807, 2.05) is 0 Å². The third-order valence-corrected chi connectivity index (χ3v) is 15.0. The van der Waals surface area contributed by atoms with E-state index in [1.165, 1.54) is 0 Å². The van der Waals surface area contributed by atoms with E-state index < -0.39 is 16.1 Å². The van der Waals surface area contributed by atoms with E-state index in [1.54, 1.807) is 11.3 Å². The summed E-state index contributed by atoms with van der Waals surface area (Å²) in [7, 11) is -1.49. The number of rotatable bonds is 4. The molecule has 0 bridgehead atoms. The maximum absolute atomic E-state index is 2.54. The quantitative estimate of drug-likeness (QED) is 0.627. The van der Waals surface area contributed by atoms with Crippen molar-refractivity contribution in [3.63, 3.8) is 0 Å². The molecule has 12 heavy (non-hydrogen) atoms. The molecule has 0 aliphatic heterocycles. The molecule has 0 unspecified atom stereocenters. The fraction of sp³-hybridized carbons (Fsp3) is 1.00. The second-order valence-electron chi connectivity index (χ2n) is 6.43. The molecular formula is C9H25Si3. The van der Waals surface area contributed by atoms with E-state index >= 15 is 0 Å². The van der Waals surface area contributed by atoms with Crippen molar-refractivity contribution in [2.45, 2.75) is 57.2 Å². The van der Waals surface area contributed by atoms with Gasteiger partial charge in [0, 0.05) is 24.9 Å². The number of hydrogen-bond acceptors (Lipinski definition) is 0. The van der Waals surface area contributed by atoms with E-state index in [2.05, 4.69) is 45.8 Å². The lowest BCUT2D eigenvalue weighted by Gasteiger charge is -2.25. The molecule has 0 spiro atoms. The van der Waals surface area contributed by atoms with Crippen LogP contribution in [0, 0.1) is 0 Å². The van der Waals surface area contributed by atoms with E-state index in [0.717, 1.165) is 0 Å². The standard InChI is InChI=1S/C9H25Si3/c1-10(8-11(2,3)4)9-12(5,6)7/h8-9H2,1-7H3. The van der Waals surface area contributed by atoms with Gasteiger partial charge in [-0.25, -0.2) is 0 Å². The minimum absolute atomic E-state index is 0.0190. The van der Waals surface area contributed by atoms with E-state index in [9.17, 15) is 0 Å². The molecule has 0 saturated heterocycles. The predicted molar refractivity (Wildman–Crippen MR) is 67.9 cm³/mol. The minimum Gasteiger partial charge on any atom is -0.0715 e. The second-order valence-corrected chi connectivity index (χ2v) is 21.4. The zero-order valence-corrected chi connectivity index (χ0v) is 12.9. The Kier molecular flexibility index (Phi) is 4.47. The van der Waals surface area contributed by atoms with Gasteiger partial charge in [-0.3, -0.25) is 0 Å². The topological polar surface area (TPSA) is 0 Å². The van der Waals surface area contributed by atoms with Gasteiger partial charge in [-0.05, 0) is 0 Å². The van der Waals surface area contributed by atoms with Crippen molar-refractivity contribution >= 4 is 24.9 Å². The highest BCUT2D eigenvalue weighted by molar-refractivity contribution is 6.94. The molecule has 0 aliphatic rings. The average molecular weight is 218 g/mol. The third-order valence-electron chi connectivity index (χ3n) is 1.66. The van der Waals surface area contributed by atoms with Crippen LogP contribution in [0.5, 0.6) is 0 Å². The molecule has 0 aromatic carbocycles. The Bertz CT molecular complexity index is 114. The molecule has 3 heteroatoms. The lowest BCUT2D eigenvalue weighted by atomic mass is 11.7. The van der Waals surface area contributed by atoms with Crippen LogP contribution in [0.4, 0.5) is 0 Å². The minimum atomic E-state index is -0.753. The highest BCUT2D eigenvalue weighted by atomic mass is 28.4. The van der Waals surface area contributed by atoms with E-state index in [0.29, 0.717) is 0 Å². The van der Waals surface area contributed by atoms with Crippen molar-refractivity contribution < 1.29 is 0 Å². The van der Waals surface area contributed by atoms with Crippen LogP contribution in [0.25, 0.3) is 0 Å². The summed E-state index contributed by atoms with van der Waals surface area (Å²) in [5, 5.41) is 0. The van der Waals surface area contributed by atoms with Crippen LogP contribution in [-0.2, 0) is 0 Å². The fourth-order valence-electron chi connectivity index (χ4n) is 1.87. The van der Waals surface area contributed by atoms with Crippen LogP contribution < -0.4 is 0 Å². The summed E-state index contributed by atoms with van der Waals surface area (Å²) in [5.74, 6) is 0. The highest BCUT2D eigenvalue weighted by Gasteiger charge is 2.23. The third kappa shape index (κ3) is 8.74. The van der Waals surface area contributed by atoms with Crippen molar-refractivity contribution in [1.82, 2.24) is 0 Å². The molecule has 0 heterocycles. The molecule has 0 rings (SSSR count). The first-order valence-electron chi connectivity index (χ1n) is 4.91. The van der Waals surface area contributed by atoms with Crippen molar-refractivity contribution in [3.05, 3.63) is 0 Å². The zero-order valence-electron chi connectivity index (χ0n) is 9.91. The van der Waals surface area contributed by atoms with Crippen LogP contribution in [0.1, 0.15) is 0 Å². The van der Waals surface area contributed by atoms with Gasteiger partial charge in [0.2, 0.25) is 0 Å². The van der Waals surface area contributed by atoms with Gasteiger partial charge < -0.3 is 0 Å². The van der Waals surface area contributed by atoms with Gasteiger partial charge in [0.15, 0.2) is 0 Å². The van der Waals surface area contributed by atoms with Crippen molar-refractivity contribution in [1.29, 1.82) is 0 Å². The maximum atomic E-state index is 2.54. The summed E-state index contributed by atoms with van der Waals surface area (Å²) in [6.45, 7) is 17.6. The van der Waals surface area contributed by atoms with Gasteiger partial charge in [-0.15, -0.1) is 0 Å². The smallest absolute Gasteiger partial charge is 0.0414 e. The van der Waals surface area contributed by atoms with Gasteiger partial charge in [-0.1, -0.05) is 57.2 Å². The largest absolute Gasteiger partial charge is 0.0715 e. The molecular weight excluding hydrogens is 192 g/mol. The maximum Gasteiger partial charge on any atom is 0.0414 e. The highest BCUT2D eigenvalue weighted by Crippen LogP contribution is 2.18. The normalized spacial score (nSPS) is 14.0. The number of hydrogen-bond donors (Lipinski definition) is 0. The van der Waals surface area contributed by atoms with Gasteiger partial charge >= 0.3 is 0 Å². The molecule has 0 saturated carbocycles. The van der Waals surface area contributed by atoms with E-state index in [4.69, 9.17) is 0 Å². The monoisotopic (exact) mass is 217 g/mol. The molecule has 0 amide bonds. The lowest BCUT2D eigenvalue weighted by Crippen LogP contribution is -2.34. The first-order chi connectivity index (χ1) is 5.10. The Morgan fingerprint density at radius 3 is 1.17 bits per heavy atom. The van der Waals surface area contributed by atoms with Crippen molar-refractivity contribution in [2.24, 2.45) is 0 Å². The first-order valence-corrected chi connectivity index (χ1v) is 14.7. The SMILES string of the molecule is C[Si](C[Si](C)(C)C)C[Si](C)(C)C. The molecule has 0 nitrogen and oxygen atoms in total. The molecule has 0 aromatic heterocycles. The van der Waals surface area contributed by atoms with Crippen LogP contribution in [0.2, 0.25) is 57.2 Å². The Balaban J connectivity index is 3.83. The zero-order chi connectivity index (χ0) is 9.99. The molecule has 0 aliphatic carbocycles. The summed E-state index contributed by atoms with van der Waals surface area (Å²) >= 11 is 0. The van der Waals surface area contributed by atoms with E-state index in [-0.39, 0.29) is 8.80 Å². The van der Waals surface area contributed by atoms with Crippen LogP contribution in [0.3, 0.4) is 0 Å². The van der Waals surface area contributed by atoms with Gasteiger partial charge in [-0.2, -0.15) is 0 Å². The van der Waals surface area contributed by atoms with Gasteiger partial charge in [0.1, 0.15) is 0 Å². The molecule has 0 N–H and O–H groups in total. The van der Waals surface area contributed by atoms with Crippen molar-refractivity contribution in [2.75, 3.05) is 0 Å². The molecule has 1 radical (unpaired) electrons. The summed E-state index contributed by atoms with van der Waals surface area (Å²) in [4.78, 5) is 0. The van der Waals surface area contributed by atoms with Crippen LogP contribution in [-0.4, -0.2) is 24.9 Å². The summed E-state index contributed by atoms with van der Waals surface area (Å²) in [6.07, 6.45) is 0. The van der Waals surface area contributed by atoms with Crippen molar-refractivity contribution in [3.8, 4) is 0 Å². The lowest BCUT2D eigenvalue weighted by molar-refractivity contribution is 1.52. The average Bonchev–Trinajstić information content (AvgIpc) is 1.49. The second kappa shape index (κ2) is 4.24. The van der Waals surface area contributed by atoms with Gasteiger partial charge in [0.25, 0.3) is 0 Å². The first kappa shape index (κ1) is 12.7. The van der Waals surface area contributed by atoms with Crippen LogP contribution in [0.15, 0.2) is 0 Å². The fourth-order valence-corrected chi connectivity index (χ4v) is 18.0. The Morgan fingerprint density at radius 1 is 0.750 bits per heavy atom. The summed E-state index contributed by atoms with van der Waals surface area (Å²) < 4.78 is 0. The molecule has 0 atom stereocenters. The molecule has 0 fully saturated rings. The molecule has 0 aromatic rings. The Hall–Kier alpha value is 0.651. The summed E-state index contributed by atoms with van der Waals surface area (Å²) in [5.41, 5.74) is 3.23. The Labute approximate surface area is 82.4 Å². The molecule has 73 valence electrons. The Morgan fingerprint density at radius 2 is 1.00 bits per heavy atom. The summed E-state index contributed by atoms with van der Waals surface area (Å²) in [6, 6.07) is 0. The predicted octanol–water partition coefficient (Wildman–Crippen LogP) is 3.87.